The molecule has 0 spiro atoms. The Morgan fingerprint density at radius 3 is 2.33 bits per heavy atom. The van der Waals surface area contributed by atoms with Crippen molar-refractivity contribution in [2.75, 3.05) is 40.3 Å². The van der Waals surface area contributed by atoms with Gasteiger partial charge < -0.3 is 10.2 Å². The molecule has 0 aliphatic heterocycles. The lowest BCUT2D eigenvalue weighted by molar-refractivity contribution is 0.0797. The topological polar surface area (TPSA) is 35.6 Å². The molecule has 0 saturated carbocycles. The first-order valence-electron chi connectivity index (χ1n) is 7.83. The van der Waals surface area contributed by atoms with Gasteiger partial charge in [-0.1, -0.05) is 26.0 Å². The van der Waals surface area contributed by atoms with Crippen LogP contribution in [-0.4, -0.2) is 56.0 Å². The summed E-state index contributed by atoms with van der Waals surface area (Å²) in [5.41, 5.74) is 2.02. The Morgan fingerprint density at radius 2 is 1.81 bits per heavy atom. The van der Waals surface area contributed by atoms with Crippen LogP contribution in [-0.2, 0) is 6.54 Å². The van der Waals surface area contributed by atoms with Crippen LogP contribution in [0.5, 0.6) is 0 Å². The molecule has 0 atom stereocenters. The van der Waals surface area contributed by atoms with Gasteiger partial charge in [0.15, 0.2) is 0 Å². The number of nitrogens with one attached hydrogen (secondary N) is 1. The lowest BCUT2D eigenvalue weighted by Crippen LogP contribution is -2.32. The van der Waals surface area contributed by atoms with Gasteiger partial charge in [0.2, 0.25) is 0 Å². The first kappa shape index (κ1) is 17.7. The number of carbonyl (C=O) groups is 1. The third-order valence-corrected chi connectivity index (χ3v) is 3.64. The zero-order chi connectivity index (χ0) is 15.7. The summed E-state index contributed by atoms with van der Waals surface area (Å²) < 4.78 is 0. The third kappa shape index (κ3) is 5.86. The lowest BCUT2D eigenvalue weighted by atomic mass is 10.1. The van der Waals surface area contributed by atoms with Crippen LogP contribution >= 0.6 is 0 Å². The summed E-state index contributed by atoms with van der Waals surface area (Å²) in [7, 11) is 3.73. The minimum atomic E-state index is 0.0812. The second-order valence-electron chi connectivity index (χ2n) is 5.40. The number of amides is 1. The van der Waals surface area contributed by atoms with Gasteiger partial charge in [-0.3, -0.25) is 9.69 Å². The average Bonchev–Trinajstić information content (AvgIpc) is 2.52. The summed E-state index contributed by atoms with van der Waals surface area (Å²) in [5.74, 6) is 0.0812. The van der Waals surface area contributed by atoms with Crippen molar-refractivity contribution < 1.29 is 4.79 Å². The molecule has 1 rings (SSSR count). The Morgan fingerprint density at radius 1 is 1.14 bits per heavy atom. The second kappa shape index (κ2) is 9.53. The highest BCUT2D eigenvalue weighted by Crippen LogP contribution is 2.09. The van der Waals surface area contributed by atoms with Gasteiger partial charge >= 0.3 is 0 Å². The molecule has 21 heavy (non-hydrogen) atoms. The largest absolute Gasteiger partial charge is 0.340 e. The molecule has 0 aliphatic rings. The number of benzene rings is 1. The Labute approximate surface area is 129 Å². The van der Waals surface area contributed by atoms with Gasteiger partial charge in [0, 0.05) is 32.2 Å². The fourth-order valence-corrected chi connectivity index (χ4v) is 2.28. The van der Waals surface area contributed by atoms with E-state index in [1.807, 2.05) is 26.2 Å². The van der Waals surface area contributed by atoms with E-state index in [2.05, 4.69) is 36.2 Å². The molecular weight excluding hydrogens is 262 g/mol. The van der Waals surface area contributed by atoms with E-state index in [0.717, 1.165) is 38.3 Å². The molecule has 4 nitrogen and oxygen atoms in total. The van der Waals surface area contributed by atoms with E-state index < -0.39 is 0 Å². The Kier molecular flexibility index (Phi) is 8.01. The van der Waals surface area contributed by atoms with Crippen LogP contribution in [0.25, 0.3) is 0 Å². The van der Waals surface area contributed by atoms with Crippen molar-refractivity contribution in [1.29, 1.82) is 0 Å². The lowest BCUT2D eigenvalue weighted by Gasteiger charge is -2.20. The van der Waals surface area contributed by atoms with Crippen molar-refractivity contribution in [3.8, 4) is 0 Å². The number of nitrogens with zero attached hydrogens (tertiary/aromatic N) is 2. The summed E-state index contributed by atoms with van der Waals surface area (Å²) in [6.07, 6.45) is 1.17. The van der Waals surface area contributed by atoms with E-state index >= 15 is 0 Å². The highest BCUT2D eigenvalue weighted by atomic mass is 16.2. The van der Waals surface area contributed by atoms with E-state index in [1.54, 1.807) is 4.90 Å². The molecule has 0 aromatic heterocycles. The normalized spacial score (nSPS) is 10.9. The monoisotopic (exact) mass is 291 g/mol. The van der Waals surface area contributed by atoms with Crippen LogP contribution in [0.15, 0.2) is 24.3 Å². The smallest absolute Gasteiger partial charge is 0.253 e. The summed E-state index contributed by atoms with van der Waals surface area (Å²) in [5, 5.41) is 3.05. The first-order valence-corrected chi connectivity index (χ1v) is 7.83. The van der Waals surface area contributed by atoms with Crippen molar-refractivity contribution >= 4 is 5.91 Å². The minimum absolute atomic E-state index is 0.0812. The Balaban J connectivity index is 2.62. The highest BCUT2D eigenvalue weighted by molar-refractivity contribution is 5.94. The van der Waals surface area contributed by atoms with Gasteiger partial charge in [-0.15, -0.1) is 0 Å². The maximum absolute atomic E-state index is 12.2. The van der Waals surface area contributed by atoms with Crippen LogP contribution in [0, 0.1) is 0 Å². The average molecular weight is 291 g/mol. The minimum Gasteiger partial charge on any atom is -0.340 e. The highest BCUT2D eigenvalue weighted by Gasteiger charge is 2.11. The zero-order valence-electron chi connectivity index (χ0n) is 13.9. The number of likely N-dealkylation sites (N-methyl/N-ethyl adjacent to an activating group) is 2. The molecule has 1 N–H and O–H groups in total. The maximum atomic E-state index is 12.2. The Hall–Kier alpha value is -1.39. The molecule has 0 unspecified atom stereocenters. The van der Waals surface area contributed by atoms with Gasteiger partial charge in [0.05, 0.1) is 0 Å². The van der Waals surface area contributed by atoms with E-state index in [0.29, 0.717) is 0 Å². The zero-order valence-corrected chi connectivity index (χ0v) is 13.9. The van der Waals surface area contributed by atoms with Crippen LogP contribution in [0.4, 0.5) is 0 Å². The molecule has 0 heterocycles. The molecule has 1 aromatic rings. The molecular formula is C17H29N3O. The fraction of sp³-hybridized carbons (Fsp3) is 0.588. The second-order valence-corrected chi connectivity index (χ2v) is 5.40. The Bertz CT molecular complexity index is 417. The number of hydrogen-bond donors (Lipinski definition) is 1. The van der Waals surface area contributed by atoms with Crippen molar-refractivity contribution in [3.05, 3.63) is 35.4 Å². The van der Waals surface area contributed by atoms with Crippen molar-refractivity contribution in [2.24, 2.45) is 0 Å². The van der Waals surface area contributed by atoms with Gasteiger partial charge in [-0.25, -0.2) is 0 Å². The molecule has 1 aromatic carbocycles. The molecule has 0 fully saturated rings. The van der Waals surface area contributed by atoms with E-state index in [-0.39, 0.29) is 5.91 Å². The summed E-state index contributed by atoms with van der Waals surface area (Å²) in [4.78, 5) is 16.4. The molecule has 0 bridgehead atoms. The van der Waals surface area contributed by atoms with Crippen LogP contribution < -0.4 is 5.32 Å². The number of rotatable bonds is 9. The quantitative estimate of drug-likeness (QED) is 0.758. The first-order chi connectivity index (χ1) is 10.1. The van der Waals surface area contributed by atoms with E-state index in [4.69, 9.17) is 0 Å². The van der Waals surface area contributed by atoms with Crippen LogP contribution in [0.3, 0.4) is 0 Å². The molecule has 0 aliphatic carbocycles. The van der Waals surface area contributed by atoms with Crippen molar-refractivity contribution in [2.45, 2.75) is 26.8 Å². The van der Waals surface area contributed by atoms with Crippen LogP contribution in [0.1, 0.15) is 36.2 Å². The van der Waals surface area contributed by atoms with E-state index in [1.165, 1.54) is 12.0 Å². The fourth-order valence-electron chi connectivity index (χ4n) is 2.28. The van der Waals surface area contributed by atoms with Gasteiger partial charge in [-0.05, 0) is 44.3 Å². The predicted octanol–water partition coefficient (Wildman–Crippen LogP) is 2.21. The predicted molar refractivity (Wildman–Crippen MR) is 88.6 cm³/mol. The summed E-state index contributed by atoms with van der Waals surface area (Å²) >= 11 is 0. The molecule has 0 saturated heterocycles. The van der Waals surface area contributed by atoms with Gasteiger partial charge in [0.1, 0.15) is 0 Å². The molecule has 118 valence electrons. The maximum Gasteiger partial charge on any atom is 0.253 e. The summed E-state index contributed by atoms with van der Waals surface area (Å²) in [6, 6.07) is 8.01. The molecule has 4 heteroatoms. The van der Waals surface area contributed by atoms with Gasteiger partial charge in [0.25, 0.3) is 5.91 Å². The third-order valence-electron chi connectivity index (χ3n) is 3.64. The number of carbonyl (C=O) groups excluding carboxylic acids is 1. The van der Waals surface area contributed by atoms with Crippen LogP contribution in [0.2, 0.25) is 0 Å². The van der Waals surface area contributed by atoms with Gasteiger partial charge in [-0.2, -0.15) is 0 Å². The summed E-state index contributed by atoms with van der Waals surface area (Å²) in [6.45, 7) is 9.04. The standard InChI is InChI=1S/C17H29N3O/c1-5-12-20(6-2)14-15-7-9-16(10-8-15)17(21)19(4)13-11-18-3/h7-10,18H,5-6,11-14H2,1-4H3. The number of hydrogen-bond acceptors (Lipinski definition) is 3. The van der Waals surface area contributed by atoms with Crippen molar-refractivity contribution in [1.82, 2.24) is 15.1 Å². The van der Waals surface area contributed by atoms with Crippen molar-refractivity contribution in [3.63, 3.8) is 0 Å². The van der Waals surface area contributed by atoms with E-state index in [9.17, 15) is 4.79 Å². The molecule has 1 amide bonds. The SMILES string of the molecule is CCCN(CC)Cc1ccc(C(=O)N(C)CCNC)cc1. The molecule has 0 radical (unpaired) electrons.